The van der Waals surface area contributed by atoms with Crippen molar-refractivity contribution >= 4 is 21.6 Å². The van der Waals surface area contributed by atoms with E-state index in [0.717, 1.165) is 44.1 Å². The molecule has 3 rings (SSSR count). The van der Waals surface area contributed by atoms with E-state index in [1.54, 1.807) is 12.1 Å². The Morgan fingerprint density at radius 1 is 0.963 bits per heavy atom. The highest BCUT2D eigenvalue weighted by molar-refractivity contribution is 7.89. The SMILES string of the molecule is Cc1ccc(NC(=O)c2cccc(S(=O)(=O)NC3CCCCCC3)c2)cc1. The Hall–Kier alpha value is -2.18. The first-order chi connectivity index (χ1) is 12.9. The van der Waals surface area contributed by atoms with Crippen LogP contribution in [0.5, 0.6) is 0 Å². The lowest BCUT2D eigenvalue weighted by atomic mass is 10.1. The van der Waals surface area contributed by atoms with E-state index in [-0.39, 0.29) is 16.8 Å². The summed E-state index contributed by atoms with van der Waals surface area (Å²) >= 11 is 0. The van der Waals surface area contributed by atoms with Gasteiger partial charge in [0.25, 0.3) is 5.91 Å². The highest BCUT2D eigenvalue weighted by atomic mass is 32.2. The van der Waals surface area contributed by atoms with E-state index in [2.05, 4.69) is 10.0 Å². The Balaban J connectivity index is 1.73. The van der Waals surface area contributed by atoms with Crippen molar-refractivity contribution in [2.24, 2.45) is 0 Å². The van der Waals surface area contributed by atoms with Crippen LogP contribution in [0.1, 0.15) is 54.4 Å². The third kappa shape index (κ3) is 5.40. The Bertz CT molecular complexity index is 884. The molecule has 0 heterocycles. The lowest BCUT2D eigenvalue weighted by Crippen LogP contribution is -2.34. The van der Waals surface area contributed by atoms with Gasteiger partial charge in [-0.15, -0.1) is 0 Å². The molecule has 0 radical (unpaired) electrons. The van der Waals surface area contributed by atoms with Crippen LogP contribution in [-0.2, 0) is 10.0 Å². The molecule has 5 nitrogen and oxygen atoms in total. The van der Waals surface area contributed by atoms with Crippen molar-refractivity contribution in [3.63, 3.8) is 0 Å². The van der Waals surface area contributed by atoms with Gasteiger partial charge in [0.1, 0.15) is 0 Å². The zero-order chi connectivity index (χ0) is 19.3. The Kier molecular flexibility index (Phi) is 6.29. The van der Waals surface area contributed by atoms with Crippen LogP contribution in [-0.4, -0.2) is 20.4 Å². The predicted octanol–water partition coefficient (Wildman–Crippen LogP) is 4.25. The lowest BCUT2D eigenvalue weighted by Gasteiger charge is -2.16. The molecule has 1 fully saturated rings. The predicted molar refractivity (Wildman–Crippen MR) is 107 cm³/mol. The van der Waals surface area contributed by atoms with Crippen LogP contribution in [0, 0.1) is 6.92 Å². The summed E-state index contributed by atoms with van der Waals surface area (Å²) in [6.07, 6.45) is 6.15. The van der Waals surface area contributed by atoms with Crippen molar-refractivity contribution in [2.75, 3.05) is 5.32 Å². The van der Waals surface area contributed by atoms with Gasteiger partial charge in [-0.05, 0) is 50.1 Å². The molecule has 0 bridgehead atoms. The maximum absolute atomic E-state index is 12.7. The molecule has 2 aromatic carbocycles. The third-order valence-electron chi connectivity index (χ3n) is 4.89. The fourth-order valence-corrected chi connectivity index (χ4v) is 4.68. The first-order valence-corrected chi connectivity index (χ1v) is 10.9. The van der Waals surface area contributed by atoms with Crippen molar-refractivity contribution in [3.05, 3.63) is 59.7 Å². The van der Waals surface area contributed by atoms with E-state index in [4.69, 9.17) is 0 Å². The number of carbonyl (C=O) groups excluding carboxylic acids is 1. The number of amides is 1. The largest absolute Gasteiger partial charge is 0.322 e. The Morgan fingerprint density at radius 2 is 1.63 bits per heavy atom. The van der Waals surface area contributed by atoms with Crippen LogP contribution in [0.2, 0.25) is 0 Å². The van der Waals surface area contributed by atoms with E-state index in [1.807, 2.05) is 31.2 Å². The van der Waals surface area contributed by atoms with Crippen LogP contribution in [0.25, 0.3) is 0 Å². The fraction of sp³-hybridized carbons (Fsp3) is 0.381. The summed E-state index contributed by atoms with van der Waals surface area (Å²) in [6, 6.07) is 13.6. The quantitative estimate of drug-likeness (QED) is 0.755. The number of rotatable bonds is 5. The molecule has 0 spiro atoms. The maximum atomic E-state index is 12.7. The number of sulfonamides is 1. The number of carbonyl (C=O) groups is 1. The van der Waals surface area contributed by atoms with Gasteiger partial charge in [0.2, 0.25) is 10.0 Å². The molecule has 1 aliphatic rings. The zero-order valence-electron chi connectivity index (χ0n) is 15.6. The topological polar surface area (TPSA) is 75.3 Å². The second-order valence-electron chi connectivity index (χ2n) is 7.16. The molecule has 0 aromatic heterocycles. The van der Waals surface area contributed by atoms with E-state index < -0.39 is 10.0 Å². The minimum absolute atomic E-state index is 0.0254. The van der Waals surface area contributed by atoms with Gasteiger partial charge in [-0.1, -0.05) is 49.4 Å². The number of aryl methyl sites for hydroxylation is 1. The van der Waals surface area contributed by atoms with Gasteiger partial charge >= 0.3 is 0 Å². The second-order valence-corrected chi connectivity index (χ2v) is 8.87. The molecular formula is C21H26N2O3S. The smallest absolute Gasteiger partial charge is 0.255 e. The summed E-state index contributed by atoms with van der Waals surface area (Å²) in [4.78, 5) is 12.6. The maximum Gasteiger partial charge on any atom is 0.255 e. The lowest BCUT2D eigenvalue weighted by molar-refractivity contribution is 0.102. The summed E-state index contributed by atoms with van der Waals surface area (Å²) in [5, 5.41) is 2.80. The van der Waals surface area contributed by atoms with Gasteiger partial charge in [0, 0.05) is 17.3 Å². The molecule has 1 saturated carbocycles. The van der Waals surface area contributed by atoms with Crippen molar-refractivity contribution < 1.29 is 13.2 Å². The Morgan fingerprint density at radius 3 is 2.30 bits per heavy atom. The van der Waals surface area contributed by atoms with E-state index in [9.17, 15) is 13.2 Å². The molecule has 27 heavy (non-hydrogen) atoms. The summed E-state index contributed by atoms with van der Waals surface area (Å²) in [5.74, 6) is -0.328. The van der Waals surface area contributed by atoms with Crippen molar-refractivity contribution in [3.8, 4) is 0 Å². The molecule has 2 N–H and O–H groups in total. The van der Waals surface area contributed by atoms with Crippen molar-refractivity contribution in [2.45, 2.75) is 56.4 Å². The number of nitrogens with one attached hydrogen (secondary N) is 2. The highest BCUT2D eigenvalue weighted by Crippen LogP contribution is 2.20. The molecule has 1 aliphatic carbocycles. The van der Waals surface area contributed by atoms with Gasteiger partial charge in [-0.25, -0.2) is 13.1 Å². The van der Waals surface area contributed by atoms with Crippen molar-refractivity contribution in [1.29, 1.82) is 0 Å². The minimum Gasteiger partial charge on any atom is -0.322 e. The van der Waals surface area contributed by atoms with Gasteiger partial charge in [0.15, 0.2) is 0 Å². The monoisotopic (exact) mass is 386 g/mol. The molecule has 1 amide bonds. The van der Waals surface area contributed by atoms with E-state index in [1.165, 1.54) is 12.1 Å². The molecule has 144 valence electrons. The van der Waals surface area contributed by atoms with Gasteiger partial charge < -0.3 is 5.32 Å². The summed E-state index contributed by atoms with van der Waals surface area (Å²) < 4.78 is 28.3. The normalized spacial score (nSPS) is 15.9. The Labute approximate surface area is 161 Å². The van der Waals surface area contributed by atoms with Crippen molar-refractivity contribution in [1.82, 2.24) is 4.72 Å². The van der Waals surface area contributed by atoms with E-state index >= 15 is 0 Å². The summed E-state index contributed by atoms with van der Waals surface area (Å²) in [5.41, 5.74) is 2.10. The van der Waals surface area contributed by atoms with Gasteiger partial charge in [0.05, 0.1) is 4.90 Å². The number of hydrogen-bond acceptors (Lipinski definition) is 3. The van der Waals surface area contributed by atoms with Crippen LogP contribution >= 0.6 is 0 Å². The molecule has 0 atom stereocenters. The molecule has 6 heteroatoms. The third-order valence-corrected chi connectivity index (χ3v) is 6.41. The second kappa shape index (κ2) is 8.67. The number of hydrogen-bond donors (Lipinski definition) is 2. The first kappa shape index (κ1) is 19.6. The van der Waals surface area contributed by atoms with E-state index in [0.29, 0.717) is 11.3 Å². The zero-order valence-corrected chi connectivity index (χ0v) is 16.4. The van der Waals surface area contributed by atoms with Crippen LogP contribution in [0.4, 0.5) is 5.69 Å². The van der Waals surface area contributed by atoms with Gasteiger partial charge in [-0.3, -0.25) is 4.79 Å². The van der Waals surface area contributed by atoms with Crippen LogP contribution in [0.3, 0.4) is 0 Å². The van der Waals surface area contributed by atoms with Crippen LogP contribution < -0.4 is 10.0 Å². The molecular weight excluding hydrogens is 360 g/mol. The molecule has 0 unspecified atom stereocenters. The average molecular weight is 387 g/mol. The standard InChI is InChI=1S/C21H26N2O3S/c1-16-11-13-18(14-12-16)22-21(24)17-7-6-10-20(15-17)27(25,26)23-19-8-4-2-3-5-9-19/h6-7,10-15,19,23H,2-5,8-9H2,1H3,(H,22,24). The highest BCUT2D eigenvalue weighted by Gasteiger charge is 2.22. The molecule has 0 saturated heterocycles. The fourth-order valence-electron chi connectivity index (χ4n) is 3.33. The summed E-state index contributed by atoms with van der Waals surface area (Å²) in [7, 11) is -3.64. The average Bonchev–Trinajstić information content (AvgIpc) is 2.92. The molecule has 0 aliphatic heterocycles. The molecule has 2 aromatic rings. The van der Waals surface area contributed by atoms with Gasteiger partial charge in [-0.2, -0.15) is 0 Å². The first-order valence-electron chi connectivity index (χ1n) is 9.44. The number of anilines is 1. The summed E-state index contributed by atoms with van der Waals surface area (Å²) in [6.45, 7) is 1.97. The van der Waals surface area contributed by atoms with Crippen LogP contribution in [0.15, 0.2) is 53.4 Å². The minimum atomic E-state index is -3.64. The number of benzene rings is 2.